The highest BCUT2D eigenvalue weighted by Gasteiger charge is 2.56. The Kier molecular flexibility index (Phi) is 2.06. The first-order valence-electron chi connectivity index (χ1n) is 6.02. The van der Waals surface area contributed by atoms with Crippen LogP contribution in [0, 0.1) is 10.8 Å². The molecule has 82 valence electrons. The van der Waals surface area contributed by atoms with Gasteiger partial charge in [-0.15, -0.1) is 0 Å². The molecule has 1 heteroatoms. The summed E-state index contributed by atoms with van der Waals surface area (Å²) in [5, 5.41) is 0. The molecular formula is C13H25N. The van der Waals surface area contributed by atoms with Gasteiger partial charge in [0.15, 0.2) is 0 Å². The molecule has 1 unspecified atom stereocenters. The fourth-order valence-electron chi connectivity index (χ4n) is 3.84. The lowest BCUT2D eigenvalue weighted by Gasteiger charge is -2.44. The fraction of sp³-hybridized carbons (Fsp3) is 1.00. The Morgan fingerprint density at radius 2 is 1.79 bits per heavy atom. The van der Waals surface area contributed by atoms with Crippen molar-refractivity contribution in [2.24, 2.45) is 10.8 Å². The number of nitrogens with zero attached hydrogens (tertiary/aromatic N) is 1. The third kappa shape index (κ3) is 1.32. The summed E-state index contributed by atoms with van der Waals surface area (Å²) >= 11 is 0. The lowest BCUT2D eigenvalue weighted by Crippen LogP contribution is -2.48. The van der Waals surface area contributed by atoms with E-state index in [1.165, 1.54) is 32.4 Å². The van der Waals surface area contributed by atoms with Crippen molar-refractivity contribution < 1.29 is 0 Å². The Hall–Kier alpha value is -0.0400. The molecule has 14 heavy (non-hydrogen) atoms. The first kappa shape index (κ1) is 10.5. The van der Waals surface area contributed by atoms with E-state index in [4.69, 9.17) is 0 Å². The third-order valence-corrected chi connectivity index (χ3v) is 4.41. The lowest BCUT2D eigenvalue weighted by molar-refractivity contribution is 0.0634. The van der Waals surface area contributed by atoms with Crippen molar-refractivity contribution in [3.8, 4) is 0 Å². The average molecular weight is 195 g/mol. The van der Waals surface area contributed by atoms with E-state index in [2.05, 4.69) is 39.5 Å². The van der Waals surface area contributed by atoms with Crippen molar-refractivity contribution in [1.29, 1.82) is 0 Å². The van der Waals surface area contributed by atoms with Crippen molar-refractivity contribution in [2.75, 3.05) is 13.1 Å². The molecule has 0 spiro atoms. The molecule has 2 fully saturated rings. The Labute approximate surface area is 88.9 Å². The number of rotatable bonds is 0. The van der Waals surface area contributed by atoms with Crippen LogP contribution in [-0.2, 0) is 0 Å². The molecule has 0 aromatic heterocycles. The molecule has 2 saturated heterocycles. The van der Waals surface area contributed by atoms with Crippen LogP contribution in [0.15, 0.2) is 0 Å². The maximum Gasteiger partial charge on any atom is 0.0264 e. The van der Waals surface area contributed by atoms with Gasteiger partial charge in [-0.3, -0.25) is 4.90 Å². The molecule has 0 bridgehead atoms. The summed E-state index contributed by atoms with van der Waals surface area (Å²) in [6, 6.07) is 0. The third-order valence-electron chi connectivity index (χ3n) is 4.41. The van der Waals surface area contributed by atoms with Crippen molar-refractivity contribution >= 4 is 0 Å². The van der Waals surface area contributed by atoms with Gasteiger partial charge in [0, 0.05) is 12.1 Å². The predicted octanol–water partition coefficient (Wildman–Crippen LogP) is 3.30. The molecule has 0 aromatic carbocycles. The molecule has 0 N–H and O–H groups in total. The van der Waals surface area contributed by atoms with Crippen LogP contribution in [0.4, 0.5) is 0 Å². The summed E-state index contributed by atoms with van der Waals surface area (Å²) in [5.41, 5.74) is 1.49. The molecule has 1 atom stereocenters. The molecule has 2 aliphatic rings. The molecule has 2 rings (SSSR count). The minimum atomic E-state index is 0.442. The van der Waals surface area contributed by atoms with E-state index in [1.54, 1.807) is 0 Å². The van der Waals surface area contributed by atoms with E-state index in [0.29, 0.717) is 16.4 Å². The fourth-order valence-corrected chi connectivity index (χ4v) is 3.84. The zero-order valence-electron chi connectivity index (χ0n) is 10.5. The average Bonchev–Trinajstić information content (AvgIpc) is 2.37. The highest BCUT2D eigenvalue weighted by molar-refractivity contribution is 5.11. The predicted molar refractivity (Wildman–Crippen MR) is 61.4 cm³/mol. The highest BCUT2D eigenvalue weighted by Crippen LogP contribution is 2.55. The Bertz CT molecular complexity index is 236. The van der Waals surface area contributed by atoms with Gasteiger partial charge in [-0.05, 0) is 36.6 Å². The maximum absolute atomic E-state index is 2.77. The summed E-state index contributed by atoms with van der Waals surface area (Å²) in [6.07, 6.45) is 4.22. The summed E-state index contributed by atoms with van der Waals surface area (Å²) in [6.45, 7) is 14.8. The summed E-state index contributed by atoms with van der Waals surface area (Å²) < 4.78 is 0. The van der Waals surface area contributed by atoms with Gasteiger partial charge >= 0.3 is 0 Å². The molecule has 0 radical (unpaired) electrons. The highest BCUT2D eigenvalue weighted by atomic mass is 15.3. The van der Waals surface area contributed by atoms with E-state index in [9.17, 15) is 0 Å². The normalized spacial score (nSPS) is 37.5. The molecule has 2 heterocycles. The second-order valence-electron chi connectivity index (χ2n) is 7.15. The van der Waals surface area contributed by atoms with Crippen molar-refractivity contribution in [2.45, 2.75) is 59.4 Å². The van der Waals surface area contributed by atoms with Crippen LogP contribution >= 0.6 is 0 Å². The first-order valence-corrected chi connectivity index (χ1v) is 6.02. The maximum atomic E-state index is 2.77. The van der Waals surface area contributed by atoms with Crippen LogP contribution < -0.4 is 0 Å². The van der Waals surface area contributed by atoms with Crippen LogP contribution in [0.25, 0.3) is 0 Å². The minimum absolute atomic E-state index is 0.442. The number of hydrogen-bond acceptors (Lipinski definition) is 1. The largest absolute Gasteiger partial charge is 0.297 e. The van der Waals surface area contributed by atoms with Crippen LogP contribution in [-0.4, -0.2) is 23.5 Å². The minimum Gasteiger partial charge on any atom is -0.297 e. The van der Waals surface area contributed by atoms with Crippen molar-refractivity contribution in [3.05, 3.63) is 0 Å². The smallest absolute Gasteiger partial charge is 0.0264 e. The molecular weight excluding hydrogens is 170 g/mol. The molecule has 2 aliphatic heterocycles. The van der Waals surface area contributed by atoms with Gasteiger partial charge < -0.3 is 0 Å². The zero-order valence-corrected chi connectivity index (χ0v) is 10.5. The number of hydrogen-bond donors (Lipinski definition) is 0. The monoisotopic (exact) mass is 195 g/mol. The van der Waals surface area contributed by atoms with Crippen molar-refractivity contribution in [1.82, 2.24) is 4.90 Å². The zero-order chi connectivity index (χ0) is 10.6. The summed E-state index contributed by atoms with van der Waals surface area (Å²) in [7, 11) is 0. The van der Waals surface area contributed by atoms with Crippen LogP contribution in [0.3, 0.4) is 0 Å². The Morgan fingerprint density at radius 3 is 2.29 bits per heavy atom. The Morgan fingerprint density at radius 1 is 1.14 bits per heavy atom. The second kappa shape index (κ2) is 2.75. The Balaban J connectivity index is 2.33. The van der Waals surface area contributed by atoms with Crippen LogP contribution in [0.1, 0.15) is 53.9 Å². The van der Waals surface area contributed by atoms with Gasteiger partial charge in [-0.2, -0.15) is 0 Å². The lowest BCUT2D eigenvalue weighted by atomic mass is 9.68. The molecule has 1 nitrogen and oxygen atoms in total. The molecule has 0 amide bonds. The van der Waals surface area contributed by atoms with E-state index in [0.717, 1.165) is 0 Å². The van der Waals surface area contributed by atoms with E-state index in [1.807, 2.05) is 0 Å². The first-order chi connectivity index (χ1) is 6.27. The standard InChI is InChI=1S/C13H25N/c1-11(2,3)13-7-6-8-14(13)10-12(4,5)9-13/h6-10H2,1-5H3. The van der Waals surface area contributed by atoms with Gasteiger partial charge in [0.25, 0.3) is 0 Å². The van der Waals surface area contributed by atoms with E-state index in [-0.39, 0.29) is 0 Å². The second-order valence-corrected chi connectivity index (χ2v) is 7.15. The van der Waals surface area contributed by atoms with Gasteiger partial charge in [-0.25, -0.2) is 0 Å². The number of fused-ring (bicyclic) bond motifs is 1. The molecule has 0 saturated carbocycles. The molecule has 0 aromatic rings. The van der Waals surface area contributed by atoms with Gasteiger partial charge in [0.1, 0.15) is 0 Å². The molecule has 0 aliphatic carbocycles. The summed E-state index contributed by atoms with van der Waals surface area (Å²) in [5.74, 6) is 0. The van der Waals surface area contributed by atoms with Crippen LogP contribution in [0.5, 0.6) is 0 Å². The van der Waals surface area contributed by atoms with Crippen molar-refractivity contribution in [3.63, 3.8) is 0 Å². The topological polar surface area (TPSA) is 3.24 Å². The van der Waals surface area contributed by atoms with E-state index >= 15 is 0 Å². The quantitative estimate of drug-likeness (QED) is 0.573. The van der Waals surface area contributed by atoms with Crippen LogP contribution in [0.2, 0.25) is 0 Å². The van der Waals surface area contributed by atoms with Gasteiger partial charge in [0.2, 0.25) is 0 Å². The van der Waals surface area contributed by atoms with Gasteiger partial charge in [-0.1, -0.05) is 34.6 Å². The van der Waals surface area contributed by atoms with E-state index < -0.39 is 0 Å². The SMILES string of the molecule is CC1(C)CN2CCCC2(C(C)(C)C)C1. The summed E-state index contributed by atoms with van der Waals surface area (Å²) in [4.78, 5) is 2.77. The van der Waals surface area contributed by atoms with Gasteiger partial charge in [0.05, 0.1) is 0 Å².